The lowest BCUT2D eigenvalue weighted by molar-refractivity contribution is 0.0941. The fourth-order valence-electron chi connectivity index (χ4n) is 3.64. The molecule has 0 spiro atoms. The molecular weight excluding hydrogens is 433 g/mol. The standard InChI is InChI=1S/C23H26FN3O4S/c1-4-27(5-2)32(30,31)17-10-11-21-18(13-17)19(14-22(28)26-21)23(29)25-15(3)12-16-8-6-7-9-20(16)24/h6-11,13-15H,4-5,12H2,1-3H3,(H,25,29)(H,26,28). The highest BCUT2D eigenvalue weighted by molar-refractivity contribution is 7.89. The van der Waals surface area contributed by atoms with Gasteiger partial charge in [-0.25, -0.2) is 12.8 Å². The van der Waals surface area contributed by atoms with Crippen molar-refractivity contribution in [1.82, 2.24) is 14.6 Å². The van der Waals surface area contributed by atoms with E-state index in [9.17, 15) is 22.4 Å². The third-order valence-corrected chi connectivity index (χ3v) is 7.31. The van der Waals surface area contributed by atoms with Gasteiger partial charge in [0.25, 0.3) is 5.91 Å². The van der Waals surface area contributed by atoms with E-state index in [4.69, 9.17) is 0 Å². The topological polar surface area (TPSA) is 99.3 Å². The lowest BCUT2D eigenvalue weighted by atomic mass is 10.0. The van der Waals surface area contributed by atoms with Crippen LogP contribution in [-0.2, 0) is 16.4 Å². The SMILES string of the molecule is CCN(CC)S(=O)(=O)c1ccc2[nH]c(=O)cc(C(=O)NC(C)Cc3ccccc3F)c2c1. The zero-order chi connectivity index (χ0) is 23.5. The van der Waals surface area contributed by atoms with Crippen molar-refractivity contribution in [3.05, 3.63) is 75.8 Å². The first-order valence-corrected chi connectivity index (χ1v) is 11.8. The van der Waals surface area contributed by atoms with Crippen molar-refractivity contribution >= 4 is 26.8 Å². The molecule has 3 aromatic rings. The van der Waals surface area contributed by atoms with Crippen LogP contribution in [0.25, 0.3) is 10.9 Å². The van der Waals surface area contributed by atoms with Gasteiger partial charge in [0.05, 0.1) is 10.5 Å². The number of nitrogens with one attached hydrogen (secondary N) is 2. The van der Waals surface area contributed by atoms with Crippen LogP contribution in [0.5, 0.6) is 0 Å². The molecule has 1 amide bonds. The van der Waals surface area contributed by atoms with Crippen LogP contribution >= 0.6 is 0 Å². The molecule has 0 aliphatic heterocycles. The molecular formula is C23H26FN3O4S. The molecule has 0 saturated carbocycles. The second-order valence-electron chi connectivity index (χ2n) is 7.51. The lowest BCUT2D eigenvalue weighted by Gasteiger charge is -2.19. The Morgan fingerprint density at radius 1 is 1.12 bits per heavy atom. The van der Waals surface area contributed by atoms with Gasteiger partial charge in [-0.05, 0) is 43.2 Å². The van der Waals surface area contributed by atoms with Crippen molar-refractivity contribution in [2.24, 2.45) is 0 Å². The van der Waals surface area contributed by atoms with Crippen LogP contribution in [-0.4, -0.2) is 42.7 Å². The molecule has 32 heavy (non-hydrogen) atoms. The number of carbonyl (C=O) groups is 1. The summed E-state index contributed by atoms with van der Waals surface area (Å²) in [5, 5.41) is 3.09. The van der Waals surface area contributed by atoms with Crippen molar-refractivity contribution in [2.75, 3.05) is 13.1 Å². The van der Waals surface area contributed by atoms with E-state index < -0.39 is 27.5 Å². The molecule has 170 valence electrons. The summed E-state index contributed by atoms with van der Waals surface area (Å²) >= 11 is 0. The van der Waals surface area contributed by atoms with E-state index in [-0.39, 0.29) is 22.7 Å². The first kappa shape index (κ1) is 23.6. The Balaban J connectivity index is 1.97. The van der Waals surface area contributed by atoms with E-state index in [1.165, 1.54) is 28.6 Å². The van der Waals surface area contributed by atoms with Gasteiger partial charge < -0.3 is 10.3 Å². The van der Waals surface area contributed by atoms with Crippen LogP contribution in [0, 0.1) is 5.82 Å². The zero-order valence-electron chi connectivity index (χ0n) is 18.2. The second-order valence-corrected chi connectivity index (χ2v) is 9.45. The molecule has 0 aliphatic rings. The predicted octanol–water partition coefficient (Wildman–Crippen LogP) is 3.06. The Hall–Kier alpha value is -3.04. The van der Waals surface area contributed by atoms with Gasteiger partial charge in [-0.1, -0.05) is 32.0 Å². The highest BCUT2D eigenvalue weighted by atomic mass is 32.2. The van der Waals surface area contributed by atoms with Crippen LogP contribution < -0.4 is 10.9 Å². The number of H-pyrrole nitrogens is 1. The summed E-state index contributed by atoms with van der Waals surface area (Å²) in [5.74, 6) is -0.899. The first-order chi connectivity index (χ1) is 15.2. The fourth-order valence-corrected chi connectivity index (χ4v) is 5.12. The van der Waals surface area contributed by atoms with Gasteiger partial charge in [-0.3, -0.25) is 9.59 Å². The van der Waals surface area contributed by atoms with Gasteiger partial charge >= 0.3 is 0 Å². The Morgan fingerprint density at radius 3 is 2.47 bits per heavy atom. The predicted molar refractivity (Wildman–Crippen MR) is 122 cm³/mol. The number of rotatable bonds is 8. The average molecular weight is 460 g/mol. The number of nitrogens with zero attached hydrogens (tertiary/aromatic N) is 1. The third kappa shape index (κ3) is 4.89. The highest BCUT2D eigenvalue weighted by Gasteiger charge is 2.23. The Labute approximate surface area is 186 Å². The number of hydrogen-bond acceptors (Lipinski definition) is 4. The molecule has 1 heterocycles. The minimum absolute atomic E-state index is 0.0363. The molecule has 0 aliphatic carbocycles. The van der Waals surface area contributed by atoms with E-state index in [0.29, 0.717) is 29.6 Å². The summed E-state index contributed by atoms with van der Waals surface area (Å²) in [6.45, 7) is 5.84. The Bertz CT molecular complexity index is 1300. The average Bonchev–Trinajstić information content (AvgIpc) is 2.75. The minimum atomic E-state index is -3.75. The number of fused-ring (bicyclic) bond motifs is 1. The van der Waals surface area contributed by atoms with Crippen molar-refractivity contribution < 1.29 is 17.6 Å². The molecule has 0 radical (unpaired) electrons. The molecule has 0 saturated heterocycles. The van der Waals surface area contributed by atoms with Crippen LogP contribution in [0.15, 0.2) is 58.2 Å². The summed E-state index contributed by atoms with van der Waals surface area (Å²) in [6.07, 6.45) is 0.265. The summed E-state index contributed by atoms with van der Waals surface area (Å²) in [4.78, 5) is 27.8. The van der Waals surface area contributed by atoms with Crippen LogP contribution in [0.2, 0.25) is 0 Å². The zero-order valence-corrected chi connectivity index (χ0v) is 19.0. The normalized spacial score (nSPS) is 12.8. The van der Waals surface area contributed by atoms with Crippen molar-refractivity contribution in [1.29, 1.82) is 0 Å². The number of benzene rings is 2. The monoisotopic (exact) mass is 459 g/mol. The number of aromatic nitrogens is 1. The highest BCUT2D eigenvalue weighted by Crippen LogP contribution is 2.23. The molecule has 1 unspecified atom stereocenters. The Morgan fingerprint density at radius 2 is 1.81 bits per heavy atom. The van der Waals surface area contributed by atoms with Crippen LogP contribution in [0.1, 0.15) is 36.7 Å². The van der Waals surface area contributed by atoms with Crippen molar-refractivity contribution in [3.8, 4) is 0 Å². The molecule has 9 heteroatoms. The summed E-state index contributed by atoms with van der Waals surface area (Å²) < 4.78 is 41.1. The number of carbonyl (C=O) groups excluding carboxylic acids is 1. The minimum Gasteiger partial charge on any atom is -0.349 e. The molecule has 1 atom stereocenters. The van der Waals surface area contributed by atoms with E-state index >= 15 is 0 Å². The molecule has 1 aromatic heterocycles. The van der Waals surface area contributed by atoms with Crippen molar-refractivity contribution in [3.63, 3.8) is 0 Å². The van der Waals surface area contributed by atoms with Gasteiger partial charge in [-0.2, -0.15) is 4.31 Å². The van der Waals surface area contributed by atoms with Gasteiger partial charge in [0.15, 0.2) is 0 Å². The number of sulfonamides is 1. The first-order valence-electron chi connectivity index (χ1n) is 10.4. The molecule has 0 fully saturated rings. The fraction of sp³-hybridized carbons (Fsp3) is 0.304. The second kappa shape index (κ2) is 9.62. The molecule has 7 nitrogen and oxygen atoms in total. The van der Waals surface area contributed by atoms with E-state index in [0.717, 1.165) is 6.07 Å². The largest absolute Gasteiger partial charge is 0.349 e. The maximum absolute atomic E-state index is 13.9. The number of amides is 1. The summed E-state index contributed by atoms with van der Waals surface area (Å²) in [5.41, 5.74) is 0.385. The number of pyridine rings is 1. The molecule has 3 rings (SSSR count). The maximum Gasteiger partial charge on any atom is 0.252 e. The van der Waals surface area contributed by atoms with Gasteiger partial charge in [0.2, 0.25) is 15.6 Å². The van der Waals surface area contributed by atoms with Crippen LogP contribution in [0.4, 0.5) is 4.39 Å². The number of hydrogen-bond donors (Lipinski definition) is 2. The van der Waals surface area contributed by atoms with E-state index in [2.05, 4.69) is 10.3 Å². The maximum atomic E-state index is 13.9. The van der Waals surface area contributed by atoms with Crippen LogP contribution in [0.3, 0.4) is 0 Å². The molecule has 2 aromatic carbocycles. The van der Waals surface area contributed by atoms with Gasteiger partial charge in [0.1, 0.15) is 5.82 Å². The Kier molecular flexibility index (Phi) is 7.10. The third-order valence-electron chi connectivity index (χ3n) is 5.26. The van der Waals surface area contributed by atoms with Gasteiger partial charge in [0, 0.05) is 36.1 Å². The van der Waals surface area contributed by atoms with E-state index in [1.807, 2.05) is 0 Å². The smallest absolute Gasteiger partial charge is 0.252 e. The van der Waals surface area contributed by atoms with E-state index in [1.54, 1.807) is 39.0 Å². The molecule has 2 N–H and O–H groups in total. The summed E-state index contributed by atoms with van der Waals surface area (Å²) in [7, 11) is -3.75. The lowest BCUT2D eigenvalue weighted by Crippen LogP contribution is -2.35. The number of halogens is 1. The van der Waals surface area contributed by atoms with Crippen molar-refractivity contribution in [2.45, 2.75) is 38.1 Å². The number of aromatic amines is 1. The van der Waals surface area contributed by atoms with Gasteiger partial charge in [-0.15, -0.1) is 0 Å². The molecule has 0 bridgehead atoms. The quantitative estimate of drug-likeness (QED) is 0.541. The summed E-state index contributed by atoms with van der Waals surface area (Å²) in [6, 6.07) is 11.3.